The minimum atomic E-state index is -0.0894. The summed E-state index contributed by atoms with van der Waals surface area (Å²) in [6, 6.07) is 11.5. The monoisotopic (exact) mass is 338 g/mol. The molecule has 0 radical (unpaired) electrons. The Morgan fingerprint density at radius 3 is 2.60 bits per heavy atom. The molecule has 2 aromatic carbocycles. The van der Waals surface area contributed by atoms with E-state index in [0.717, 1.165) is 22.4 Å². The van der Waals surface area contributed by atoms with Crippen LogP contribution in [0.3, 0.4) is 0 Å². The second kappa shape index (κ2) is 6.97. The maximum absolute atomic E-state index is 12.4. The van der Waals surface area contributed by atoms with Gasteiger partial charge < -0.3 is 15.0 Å². The van der Waals surface area contributed by atoms with Crippen LogP contribution in [0.25, 0.3) is 0 Å². The van der Waals surface area contributed by atoms with Gasteiger partial charge in [-0.15, -0.1) is 0 Å². The van der Waals surface area contributed by atoms with Gasteiger partial charge in [0.05, 0.1) is 25.1 Å². The standard InChI is InChI=1S/C20H22N2O3/c1-13-8-14(2)10-16(9-13)21-19(23)12-15-4-5-18-17(11-15)22(3)20(24)6-7-25-18/h4-5,8-11H,6-7,12H2,1-3H3,(H,21,23). The van der Waals surface area contributed by atoms with Gasteiger partial charge in [0.2, 0.25) is 11.8 Å². The topological polar surface area (TPSA) is 58.6 Å². The highest BCUT2D eigenvalue weighted by Gasteiger charge is 2.20. The normalized spacial score (nSPS) is 13.7. The lowest BCUT2D eigenvalue weighted by atomic mass is 10.1. The summed E-state index contributed by atoms with van der Waals surface area (Å²) in [5.74, 6) is 0.593. The lowest BCUT2D eigenvalue weighted by Gasteiger charge is -2.17. The molecule has 5 nitrogen and oxygen atoms in total. The van der Waals surface area contributed by atoms with Crippen LogP contribution in [0.1, 0.15) is 23.1 Å². The van der Waals surface area contributed by atoms with E-state index in [1.165, 1.54) is 0 Å². The summed E-state index contributed by atoms with van der Waals surface area (Å²) < 4.78 is 5.61. The maximum Gasteiger partial charge on any atom is 0.230 e. The van der Waals surface area contributed by atoms with Crippen molar-refractivity contribution in [2.45, 2.75) is 26.7 Å². The molecule has 130 valence electrons. The number of aryl methyl sites for hydroxylation is 2. The predicted molar refractivity (Wildman–Crippen MR) is 98.2 cm³/mol. The Kier molecular flexibility index (Phi) is 4.74. The van der Waals surface area contributed by atoms with Crippen LogP contribution in [0.5, 0.6) is 5.75 Å². The molecule has 25 heavy (non-hydrogen) atoms. The maximum atomic E-state index is 12.4. The van der Waals surface area contributed by atoms with Crippen molar-refractivity contribution in [2.24, 2.45) is 0 Å². The molecule has 1 heterocycles. The number of amides is 2. The molecule has 5 heteroatoms. The number of carbonyl (C=O) groups excluding carboxylic acids is 2. The molecule has 3 rings (SSSR count). The van der Waals surface area contributed by atoms with Crippen LogP contribution in [-0.4, -0.2) is 25.5 Å². The van der Waals surface area contributed by atoms with Gasteiger partial charge in [-0.05, 0) is 54.8 Å². The highest BCUT2D eigenvalue weighted by atomic mass is 16.5. The average molecular weight is 338 g/mol. The van der Waals surface area contributed by atoms with Crippen molar-refractivity contribution in [3.05, 3.63) is 53.1 Å². The van der Waals surface area contributed by atoms with Crippen LogP contribution in [-0.2, 0) is 16.0 Å². The van der Waals surface area contributed by atoms with E-state index in [1.807, 2.05) is 44.2 Å². The van der Waals surface area contributed by atoms with Gasteiger partial charge >= 0.3 is 0 Å². The van der Waals surface area contributed by atoms with Crippen molar-refractivity contribution in [2.75, 3.05) is 23.9 Å². The Morgan fingerprint density at radius 2 is 1.88 bits per heavy atom. The number of hydrogen-bond donors (Lipinski definition) is 1. The number of fused-ring (bicyclic) bond motifs is 1. The lowest BCUT2D eigenvalue weighted by Crippen LogP contribution is -2.25. The van der Waals surface area contributed by atoms with Gasteiger partial charge in [-0.25, -0.2) is 0 Å². The summed E-state index contributed by atoms with van der Waals surface area (Å²) in [4.78, 5) is 25.9. The molecule has 0 fully saturated rings. The quantitative estimate of drug-likeness (QED) is 0.935. The molecule has 1 aliphatic heterocycles. The van der Waals surface area contributed by atoms with E-state index in [2.05, 4.69) is 11.4 Å². The molecule has 2 aromatic rings. The molecule has 0 aromatic heterocycles. The molecule has 0 bridgehead atoms. The first-order valence-electron chi connectivity index (χ1n) is 8.33. The number of benzene rings is 2. The highest BCUT2D eigenvalue weighted by molar-refractivity contribution is 5.96. The van der Waals surface area contributed by atoms with Crippen LogP contribution in [0.15, 0.2) is 36.4 Å². The number of nitrogens with one attached hydrogen (secondary N) is 1. The second-order valence-electron chi connectivity index (χ2n) is 6.45. The van der Waals surface area contributed by atoms with Crippen molar-refractivity contribution < 1.29 is 14.3 Å². The Balaban J connectivity index is 1.75. The third-order valence-electron chi connectivity index (χ3n) is 4.20. The van der Waals surface area contributed by atoms with Crippen LogP contribution in [0, 0.1) is 13.8 Å². The summed E-state index contributed by atoms with van der Waals surface area (Å²) in [7, 11) is 1.73. The van der Waals surface area contributed by atoms with Crippen molar-refractivity contribution in [3.63, 3.8) is 0 Å². The van der Waals surface area contributed by atoms with E-state index in [9.17, 15) is 9.59 Å². The van der Waals surface area contributed by atoms with Gasteiger partial charge in [-0.2, -0.15) is 0 Å². The van der Waals surface area contributed by atoms with Crippen LogP contribution >= 0.6 is 0 Å². The molecule has 0 atom stereocenters. The SMILES string of the molecule is Cc1cc(C)cc(NC(=O)Cc2ccc3c(c2)N(C)C(=O)CCO3)c1. The first-order valence-corrected chi connectivity index (χ1v) is 8.33. The number of anilines is 2. The summed E-state index contributed by atoms with van der Waals surface area (Å²) in [5, 5.41) is 2.93. The van der Waals surface area contributed by atoms with Gasteiger partial charge in [0, 0.05) is 12.7 Å². The van der Waals surface area contributed by atoms with Gasteiger partial charge in [-0.3, -0.25) is 9.59 Å². The third kappa shape index (κ3) is 3.99. The number of carbonyl (C=O) groups is 2. The van der Waals surface area contributed by atoms with E-state index in [-0.39, 0.29) is 18.2 Å². The Bertz CT molecular complexity index is 809. The molecule has 1 aliphatic rings. The van der Waals surface area contributed by atoms with Crippen molar-refractivity contribution in [1.29, 1.82) is 0 Å². The number of rotatable bonds is 3. The first kappa shape index (κ1) is 17.0. The third-order valence-corrected chi connectivity index (χ3v) is 4.20. The Hall–Kier alpha value is -2.82. The van der Waals surface area contributed by atoms with Gasteiger partial charge in [0.15, 0.2) is 0 Å². The number of ether oxygens (including phenoxy) is 1. The summed E-state index contributed by atoms with van der Waals surface area (Å²) in [6.07, 6.45) is 0.593. The highest BCUT2D eigenvalue weighted by Crippen LogP contribution is 2.31. The summed E-state index contributed by atoms with van der Waals surface area (Å²) in [6.45, 7) is 4.38. The van der Waals surface area contributed by atoms with Crippen molar-refractivity contribution >= 4 is 23.2 Å². The smallest absolute Gasteiger partial charge is 0.230 e. The fourth-order valence-electron chi connectivity index (χ4n) is 3.04. The van der Waals surface area contributed by atoms with Crippen LogP contribution < -0.4 is 15.0 Å². The van der Waals surface area contributed by atoms with E-state index < -0.39 is 0 Å². The summed E-state index contributed by atoms with van der Waals surface area (Å²) >= 11 is 0. The zero-order valence-corrected chi connectivity index (χ0v) is 14.8. The first-order chi connectivity index (χ1) is 11.9. The molecule has 1 N–H and O–H groups in total. The molecule has 0 unspecified atom stereocenters. The Labute approximate surface area is 147 Å². The van der Waals surface area contributed by atoms with E-state index in [0.29, 0.717) is 24.5 Å². The average Bonchev–Trinajstić information content (AvgIpc) is 2.66. The number of nitrogens with zero attached hydrogens (tertiary/aromatic N) is 1. The van der Waals surface area contributed by atoms with Crippen molar-refractivity contribution in [3.8, 4) is 5.75 Å². The number of hydrogen-bond acceptors (Lipinski definition) is 3. The minimum Gasteiger partial charge on any atom is -0.491 e. The minimum absolute atomic E-state index is 0.00980. The van der Waals surface area contributed by atoms with Crippen molar-refractivity contribution in [1.82, 2.24) is 0 Å². The van der Waals surface area contributed by atoms with Crippen LogP contribution in [0.2, 0.25) is 0 Å². The molecule has 0 spiro atoms. The largest absolute Gasteiger partial charge is 0.491 e. The molecule has 0 saturated carbocycles. The second-order valence-corrected chi connectivity index (χ2v) is 6.45. The van der Waals surface area contributed by atoms with Crippen LogP contribution in [0.4, 0.5) is 11.4 Å². The molecular formula is C20H22N2O3. The summed E-state index contributed by atoms with van der Waals surface area (Å²) in [5.41, 5.74) is 4.56. The molecular weight excluding hydrogens is 316 g/mol. The van der Waals surface area contributed by atoms with Gasteiger partial charge in [0.1, 0.15) is 5.75 Å². The fourth-order valence-corrected chi connectivity index (χ4v) is 3.04. The Morgan fingerprint density at radius 1 is 1.16 bits per heavy atom. The molecule has 0 saturated heterocycles. The van der Waals surface area contributed by atoms with Gasteiger partial charge in [0.25, 0.3) is 0 Å². The van der Waals surface area contributed by atoms with E-state index in [1.54, 1.807) is 11.9 Å². The zero-order valence-electron chi connectivity index (χ0n) is 14.8. The van der Waals surface area contributed by atoms with Gasteiger partial charge in [-0.1, -0.05) is 12.1 Å². The predicted octanol–water partition coefficient (Wildman–Crippen LogP) is 3.23. The zero-order chi connectivity index (χ0) is 18.0. The van der Waals surface area contributed by atoms with E-state index >= 15 is 0 Å². The molecule has 0 aliphatic carbocycles. The lowest BCUT2D eigenvalue weighted by molar-refractivity contribution is -0.118. The molecule has 2 amide bonds. The van der Waals surface area contributed by atoms with E-state index in [4.69, 9.17) is 4.74 Å². The fraction of sp³-hybridized carbons (Fsp3) is 0.300.